The maximum atomic E-state index is 11.8. The molecule has 1 aliphatic heterocycles. The molecule has 1 atom stereocenters. The summed E-state index contributed by atoms with van der Waals surface area (Å²) in [5, 5.41) is 3.19. The van der Waals surface area contributed by atoms with Crippen LogP contribution in [0.3, 0.4) is 0 Å². The summed E-state index contributed by atoms with van der Waals surface area (Å²) >= 11 is 0. The molecule has 0 bridgehead atoms. The first-order valence-electron chi connectivity index (χ1n) is 4.50. The van der Waals surface area contributed by atoms with E-state index in [1.54, 1.807) is 11.9 Å². The van der Waals surface area contributed by atoms with E-state index in [0.717, 1.165) is 19.5 Å². The second kappa shape index (κ2) is 3.80. The lowest BCUT2D eigenvalue weighted by atomic mass is 9.88. The van der Waals surface area contributed by atoms with Gasteiger partial charge in [-0.3, -0.25) is 4.79 Å². The summed E-state index contributed by atoms with van der Waals surface area (Å²) < 4.78 is 0. The van der Waals surface area contributed by atoms with Crippen LogP contribution in [0.25, 0.3) is 0 Å². The number of hydrogen-bond donors (Lipinski definition) is 1. The second-order valence-corrected chi connectivity index (χ2v) is 3.85. The van der Waals surface area contributed by atoms with E-state index in [1.807, 2.05) is 6.92 Å². The first kappa shape index (κ1) is 10.1. The molecule has 0 aromatic rings. The molecule has 0 aromatic carbocycles. The standard InChI is InChI=1S/C10H16N2O/c1-4-7-12(3)9(13)10(2)5-6-11-8-10/h1,11H,5-8H2,2-3H3. The van der Waals surface area contributed by atoms with Crippen LogP contribution in [-0.4, -0.2) is 37.5 Å². The van der Waals surface area contributed by atoms with E-state index >= 15 is 0 Å². The number of nitrogens with one attached hydrogen (secondary N) is 1. The minimum atomic E-state index is -0.244. The van der Waals surface area contributed by atoms with E-state index in [1.165, 1.54) is 0 Å². The number of carbonyl (C=O) groups excluding carboxylic acids is 1. The number of hydrogen-bond acceptors (Lipinski definition) is 2. The molecule has 3 nitrogen and oxygen atoms in total. The minimum absolute atomic E-state index is 0.149. The Morgan fingerprint density at radius 1 is 1.77 bits per heavy atom. The van der Waals surface area contributed by atoms with Gasteiger partial charge in [-0.2, -0.15) is 0 Å². The van der Waals surface area contributed by atoms with Crippen LogP contribution in [0.4, 0.5) is 0 Å². The molecule has 0 aromatic heterocycles. The van der Waals surface area contributed by atoms with Crippen molar-refractivity contribution in [2.45, 2.75) is 13.3 Å². The lowest BCUT2D eigenvalue weighted by Gasteiger charge is -2.26. The fourth-order valence-corrected chi connectivity index (χ4v) is 1.67. The topological polar surface area (TPSA) is 32.3 Å². The third-order valence-electron chi connectivity index (χ3n) is 2.56. The molecule has 0 aliphatic carbocycles. The zero-order valence-corrected chi connectivity index (χ0v) is 8.26. The summed E-state index contributed by atoms with van der Waals surface area (Å²) in [6.07, 6.45) is 6.05. The summed E-state index contributed by atoms with van der Waals surface area (Å²) in [7, 11) is 1.76. The van der Waals surface area contributed by atoms with Crippen LogP contribution in [0, 0.1) is 17.8 Å². The highest BCUT2D eigenvalue weighted by molar-refractivity contribution is 5.83. The number of terminal acetylenes is 1. The number of amides is 1. The normalized spacial score (nSPS) is 26.8. The van der Waals surface area contributed by atoms with Crippen LogP contribution in [0.1, 0.15) is 13.3 Å². The molecule has 1 unspecified atom stereocenters. The van der Waals surface area contributed by atoms with Gasteiger partial charge in [0, 0.05) is 13.6 Å². The largest absolute Gasteiger partial charge is 0.334 e. The van der Waals surface area contributed by atoms with Crippen LogP contribution >= 0.6 is 0 Å². The van der Waals surface area contributed by atoms with Gasteiger partial charge in [0.15, 0.2) is 0 Å². The molecular weight excluding hydrogens is 164 g/mol. The Bertz CT molecular complexity index is 236. The van der Waals surface area contributed by atoms with Crippen molar-refractivity contribution in [2.75, 3.05) is 26.7 Å². The van der Waals surface area contributed by atoms with Gasteiger partial charge in [-0.15, -0.1) is 6.42 Å². The summed E-state index contributed by atoms with van der Waals surface area (Å²) in [5.41, 5.74) is -0.244. The quantitative estimate of drug-likeness (QED) is 0.610. The Labute approximate surface area is 79.5 Å². The summed E-state index contributed by atoms with van der Waals surface area (Å²) in [5.74, 6) is 2.62. The molecule has 72 valence electrons. The zero-order valence-electron chi connectivity index (χ0n) is 8.26. The Hall–Kier alpha value is -1.01. The van der Waals surface area contributed by atoms with Crippen LogP contribution in [-0.2, 0) is 4.79 Å². The summed E-state index contributed by atoms with van der Waals surface area (Å²) in [4.78, 5) is 13.5. The monoisotopic (exact) mass is 180 g/mol. The highest BCUT2D eigenvalue weighted by Gasteiger charge is 2.37. The van der Waals surface area contributed by atoms with Crippen molar-refractivity contribution in [3.8, 4) is 12.3 Å². The molecular formula is C10H16N2O. The van der Waals surface area contributed by atoms with Gasteiger partial charge < -0.3 is 10.2 Å². The highest BCUT2D eigenvalue weighted by atomic mass is 16.2. The first-order valence-corrected chi connectivity index (χ1v) is 4.50. The van der Waals surface area contributed by atoms with Crippen molar-refractivity contribution >= 4 is 5.91 Å². The molecule has 0 spiro atoms. The molecule has 1 aliphatic rings. The molecule has 13 heavy (non-hydrogen) atoms. The minimum Gasteiger partial charge on any atom is -0.334 e. The number of nitrogens with zero attached hydrogens (tertiary/aromatic N) is 1. The smallest absolute Gasteiger partial charge is 0.230 e. The van der Waals surface area contributed by atoms with E-state index in [2.05, 4.69) is 11.2 Å². The molecule has 1 N–H and O–H groups in total. The lowest BCUT2D eigenvalue weighted by molar-refractivity contribution is -0.138. The fraction of sp³-hybridized carbons (Fsp3) is 0.700. The van der Waals surface area contributed by atoms with E-state index in [4.69, 9.17) is 6.42 Å². The Balaban J connectivity index is 2.61. The lowest BCUT2D eigenvalue weighted by Crippen LogP contribution is -2.41. The van der Waals surface area contributed by atoms with Crippen molar-refractivity contribution in [2.24, 2.45) is 5.41 Å². The Morgan fingerprint density at radius 2 is 2.46 bits per heavy atom. The predicted octanol–water partition coefficient (Wildman–Crippen LogP) is 0.0776. The van der Waals surface area contributed by atoms with Gasteiger partial charge in [0.05, 0.1) is 12.0 Å². The third kappa shape index (κ3) is 2.02. The SMILES string of the molecule is C#CCN(C)C(=O)C1(C)CCNC1. The summed E-state index contributed by atoms with van der Waals surface area (Å²) in [6.45, 7) is 4.07. The molecule has 1 rings (SSSR count). The van der Waals surface area contributed by atoms with Crippen LogP contribution < -0.4 is 5.32 Å². The van der Waals surface area contributed by atoms with Gasteiger partial charge in [0.1, 0.15) is 0 Å². The van der Waals surface area contributed by atoms with Crippen molar-refractivity contribution in [1.29, 1.82) is 0 Å². The zero-order chi connectivity index (χ0) is 9.90. The van der Waals surface area contributed by atoms with Gasteiger partial charge in [-0.25, -0.2) is 0 Å². The van der Waals surface area contributed by atoms with E-state index in [0.29, 0.717) is 6.54 Å². The molecule has 3 heteroatoms. The number of carbonyl (C=O) groups is 1. The predicted molar refractivity (Wildman–Crippen MR) is 52.1 cm³/mol. The molecule has 1 fully saturated rings. The van der Waals surface area contributed by atoms with Crippen molar-refractivity contribution < 1.29 is 4.79 Å². The van der Waals surface area contributed by atoms with Crippen molar-refractivity contribution in [3.63, 3.8) is 0 Å². The second-order valence-electron chi connectivity index (χ2n) is 3.85. The van der Waals surface area contributed by atoms with E-state index in [9.17, 15) is 4.79 Å². The van der Waals surface area contributed by atoms with Crippen LogP contribution in [0.15, 0.2) is 0 Å². The average Bonchev–Trinajstić information content (AvgIpc) is 2.52. The van der Waals surface area contributed by atoms with Gasteiger partial charge in [0.25, 0.3) is 0 Å². The fourth-order valence-electron chi connectivity index (χ4n) is 1.67. The molecule has 0 radical (unpaired) electrons. The van der Waals surface area contributed by atoms with Crippen molar-refractivity contribution in [1.82, 2.24) is 10.2 Å². The summed E-state index contributed by atoms with van der Waals surface area (Å²) in [6, 6.07) is 0. The Morgan fingerprint density at radius 3 is 2.92 bits per heavy atom. The van der Waals surface area contributed by atoms with Gasteiger partial charge in [-0.1, -0.05) is 5.92 Å². The highest BCUT2D eigenvalue weighted by Crippen LogP contribution is 2.26. The van der Waals surface area contributed by atoms with Crippen LogP contribution in [0.5, 0.6) is 0 Å². The van der Waals surface area contributed by atoms with Crippen molar-refractivity contribution in [3.05, 3.63) is 0 Å². The van der Waals surface area contributed by atoms with Gasteiger partial charge in [-0.05, 0) is 19.9 Å². The molecule has 0 saturated carbocycles. The molecule has 1 amide bonds. The molecule has 1 heterocycles. The average molecular weight is 180 g/mol. The Kier molecular flexibility index (Phi) is 2.94. The number of rotatable bonds is 2. The molecule has 1 saturated heterocycles. The van der Waals surface area contributed by atoms with Gasteiger partial charge in [0.2, 0.25) is 5.91 Å². The van der Waals surface area contributed by atoms with E-state index < -0.39 is 0 Å². The maximum absolute atomic E-state index is 11.8. The van der Waals surface area contributed by atoms with Gasteiger partial charge >= 0.3 is 0 Å². The third-order valence-corrected chi connectivity index (χ3v) is 2.56. The maximum Gasteiger partial charge on any atom is 0.230 e. The van der Waals surface area contributed by atoms with E-state index in [-0.39, 0.29) is 11.3 Å². The van der Waals surface area contributed by atoms with Crippen LogP contribution in [0.2, 0.25) is 0 Å². The first-order chi connectivity index (χ1) is 6.10.